The molecule has 0 N–H and O–H groups in total. The highest BCUT2D eigenvalue weighted by Crippen LogP contribution is 2.20. The number of carbonyl (C=O) groups is 1. The number of hydrogen-bond donors (Lipinski definition) is 0. The van der Waals surface area contributed by atoms with Crippen molar-refractivity contribution in [3.63, 3.8) is 0 Å². The molecule has 0 saturated heterocycles. The molecule has 20 heavy (non-hydrogen) atoms. The third-order valence-corrected chi connectivity index (χ3v) is 3.30. The van der Waals surface area contributed by atoms with Gasteiger partial charge in [0.05, 0.1) is 29.0 Å². The summed E-state index contributed by atoms with van der Waals surface area (Å²) < 4.78 is 3.27. The van der Waals surface area contributed by atoms with Crippen molar-refractivity contribution in [2.24, 2.45) is 7.05 Å². The highest BCUT2D eigenvalue weighted by atomic mass is 35.5. The summed E-state index contributed by atoms with van der Waals surface area (Å²) in [7, 11) is 5.73. The quantitative estimate of drug-likeness (QED) is 0.782. The van der Waals surface area contributed by atoms with Crippen LogP contribution in [0.25, 0.3) is 0 Å². The van der Waals surface area contributed by atoms with E-state index in [0.29, 0.717) is 28.5 Å². The summed E-state index contributed by atoms with van der Waals surface area (Å²) in [5, 5.41) is 8.74. The Labute approximate surface area is 122 Å². The predicted molar refractivity (Wildman–Crippen MR) is 77.2 cm³/mol. The Hall–Kier alpha value is -1.66. The predicted octanol–water partition coefficient (Wildman–Crippen LogP) is 1.37. The Morgan fingerprint density at radius 3 is 2.70 bits per heavy atom. The van der Waals surface area contributed by atoms with Crippen LogP contribution in [0.2, 0.25) is 5.02 Å². The number of nitrogens with zero attached hydrogens (tertiary/aromatic N) is 5. The van der Waals surface area contributed by atoms with Gasteiger partial charge in [-0.3, -0.25) is 14.2 Å². The van der Waals surface area contributed by atoms with Gasteiger partial charge in [-0.15, -0.1) is 0 Å². The second-order valence-electron chi connectivity index (χ2n) is 5.00. The molecular formula is C13H18ClN5O. The molecule has 2 aromatic rings. The molecule has 0 amide bonds. The van der Waals surface area contributed by atoms with Gasteiger partial charge in [0.15, 0.2) is 0 Å². The van der Waals surface area contributed by atoms with E-state index in [2.05, 4.69) is 10.2 Å². The normalized spacial score (nSPS) is 11.3. The van der Waals surface area contributed by atoms with Gasteiger partial charge in [-0.2, -0.15) is 10.2 Å². The Kier molecular flexibility index (Phi) is 4.25. The van der Waals surface area contributed by atoms with E-state index < -0.39 is 0 Å². The molecule has 7 heteroatoms. The van der Waals surface area contributed by atoms with E-state index in [0.717, 1.165) is 6.54 Å². The van der Waals surface area contributed by atoms with Crippen LogP contribution in [0.4, 0.5) is 0 Å². The Bertz CT molecular complexity index is 629. The van der Waals surface area contributed by atoms with Crippen molar-refractivity contribution in [3.8, 4) is 0 Å². The average Bonchev–Trinajstić information content (AvgIpc) is 2.89. The van der Waals surface area contributed by atoms with Gasteiger partial charge in [-0.05, 0) is 21.0 Å². The Morgan fingerprint density at radius 2 is 2.15 bits per heavy atom. The van der Waals surface area contributed by atoms with Crippen molar-refractivity contribution in [1.29, 1.82) is 0 Å². The van der Waals surface area contributed by atoms with Crippen molar-refractivity contribution in [3.05, 3.63) is 34.4 Å². The van der Waals surface area contributed by atoms with Gasteiger partial charge in [-0.25, -0.2) is 0 Å². The molecule has 0 radical (unpaired) electrons. The number of likely N-dealkylation sites (N-methyl/N-ethyl adjacent to an activating group) is 1. The molecule has 0 fully saturated rings. The zero-order valence-electron chi connectivity index (χ0n) is 12.1. The third kappa shape index (κ3) is 2.91. The first-order valence-corrected chi connectivity index (χ1v) is 6.69. The first-order valence-electron chi connectivity index (χ1n) is 6.31. The summed E-state index contributed by atoms with van der Waals surface area (Å²) in [5.74, 6) is -0.142. The largest absolute Gasteiger partial charge is 0.308 e. The van der Waals surface area contributed by atoms with Gasteiger partial charge in [0.2, 0.25) is 5.78 Å². The van der Waals surface area contributed by atoms with Gasteiger partial charge in [0, 0.05) is 19.8 Å². The van der Waals surface area contributed by atoms with Gasteiger partial charge in [0.25, 0.3) is 0 Å². The van der Waals surface area contributed by atoms with Crippen LogP contribution in [0.1, 0.15) is 21.7 Å². The number of halogens is 1. The Balaban J connectivity index is 2.34. The lowest BCUT2D eigenvalue weighted by Gasteiger charge is -2.11. The highest BCUT2D eigenvalue weighted by Gasteiger charge is 2.22. The van der Waals surface area contributed by atoms with Crippen LogP contribution in [0.5, 0.6) is 0 Å². The minimum atomic E-state index is -0.142. The zero-order valence-corrected chi connectivity index (χ0v) is 12.8. The van der Waals surface area contributed by atoms with Gasteiger partial charge in [-0.1, -0.05) is 11.6 Å². The summed E-state index contributed by atoms with van der Waals surface area (Å²) >= 11 is 6.12. The first-order chi connectivity index (χ1) is 9.40. The van der Waals surface area contributed by atoms with E-state index in [1.807, 2.05) is 25.9 Å². The fraction of sp³-hybridized carbons (Fsp3) is 0.462. The fourth-order valence-corrected chi connectivity index (χ4v) is 2.23. The molecule has 0 unspecified atom stereocenters. The monoisotopic (exact) mass is 295 g/mol. The molecular weight excluding hydrogens is 278 g/mol. The number of hydrogen-bond acceptors (Lipinski definition) is 4. The molecule has 0 spiro atoms. The minimum Gasteiger partial charge on any atom is -0.308 e. The van der Waals surface area contributed by atoms with E-state index >= 15 is 0 Å². The molecule has 2 rings (SSSR count). The smallest absolute Gasteiger partial charge is 0.215 e. The van der Waals surface area contributed by atoms with Crippen molar-refractivity contribution in [2.45, 2.75) is 13.5 Å². The van der Waals surface area contributed by atoms with Gasteiger partial charge < -0.3 is 4.90 Å². The molecule has 0 bridgehead atoms. The highest BCUT2D eigenvalue weighted by molar-refractivity contribution is 6.34. The maximum atomic E-state index is 12.6. The number of rotatable bonds is 5. The SMILES string of the molecule is Cc1nn(C)cc1C(=O)c1c(Cl)cnn1CCN(C)C. The lowest BCUT2D eigenvalue weighted by atomic mass is 10.1. The molecule has 0 saturated carbocycles. The van der Waals surface area contributed by atoms with E-state index in [1.165, 1.54) is 6.20 Å². The molecule has 2 heterocycles. The van der Waals surface area contributed by atoms with Gasteiger partial charge in [0.1, 0.15) is 5.69 Å². The van der Waals surface area contributed by atoms with E-state index in [1.54, 1.807) is 22.6 Å². The maximum absolute atomic E-state index is 12.6. The number of carbonyl (C=O) groups excluding carboxylic acids is 1. The van der Waals surface area contributed by atoms with Crippen LogP contribution < -0.4 is 0 Å². The molecule has 6 nitrogen and oxygen atoms in total. The number of ketones is 1. The van der Waals surface area contributed by atoms with Gasteiger partial charge >= 0.3 is 0 Å². The summed E-state index contributed by atoms with van der Waals surface area (Å²) in [6, 6.07) is 0. The molecule has 108 valence electrons. The van der Waals surface area contributed by atoms with Crippen LogP contribution in [0, 0.1) is 6.92 Å². The van der Waals surface area contributed by atoms with Crippen molar-refractivity contribution in [1.82, 2.24) is 24.5 Å². The maximum Gasteiger partial charge on any atom is 0.215 e. The Morgan fingerprint density at radius 1 is 1.45 bits per heavy atom. The van der Waals surface area contributed by atoms with E-state index in [4.69, 9.17) is 11.6 Å². The molecule has 0 aliphatic heterocycles. The lowest BCUT2D eigenvalue weighted by Crippen LogP contribution is -2.21. The van der Waals surface area contributed by atoms with Crippen molar-refractivity contribution >= 4 is 17.4 Å². The van der Waals surface area contributed by atoms with Crippen LogP contribution >= 0.6 is 11.6 Å². The van der Waals surface area contributed by atoms with Crippen molar-refractivity contribution in [2.75, 3.05) is 20.6 Å². The summed E-state index contributed by atoms with van der Waals surface area (Å²) in [6.45, 7) is 3.20. The first kappa shape index (κ1) is 14.7. The topological polar surface area (TPSA) is 56.0 Å². The standard InChI is InChI=1S/C13H18ClN5O/c1-9-10(8-18(4)16-9)13(20)12-11(14)7-15-19(12)6-5-17(2)3/h7-8H,5-6H2,1-4H3. The molecule has 2 aromatic heterocycles. The second kappa shape index (κ2) is 5.76. The van der Waals surface area contributed by atoms with Crippen LogP contribution in [-0.4, -0.2) is 50.9 Å². The van der Waals surface area contributed by atoms with Crippen LogP contribution in [-0.2, 0) is 13.6 Å². The lowest BCUT2D eigenvalue weighted by molar-refractivity contribution is 0.102. The minimum absolute atomic E-state index is 0.142. The zero-order chi connectivity index (χ0) is 14.9. The second-order valence-corrected chi connectivity index (χ2v) is 5.41. The van der Waals surface area contributed by atoms with Crippen LogP contribution in [0.15, 0.2) is 12.4 Å². The fourth-order valence-electron chi connectivity index (χ4n) is 2.00. The van der Waals surface area contributed by atoms with E-state index in [-0.39, 0.29) is 5.78 Å². The number of aryl methyl sites for hydroxylation is 2. The summed E-state index contributed by atoms with van der Waals surface area (Å²) in [4.78, 5) is 14.6. The summed E-state index contributed by atoms with van der Waals surface area (Å²) in [5.41, 5.74) is 1.67. The summed E-state index contributed by atoms with van der Waals surface area (Å²) in [6.07, 6.45) is 3.22. The molecule has 0 aromatic carbocycles. The molecule has 0 atom stereocenters. The molecule has 0 aliphatic carbocycles. The van der Waals surface area contributed by atoms with Crippen LogP contribution in [0.3, 0.4) is 0 Å². The third-order valence-electron chi connectivity index (χ3n) is 3.03. The molecule has 0 aliphatic rings. The van der Waals surface area contributed by atoms with Crippen molar-refractivity contribution < 1.29 is 4.79 Å². The van der Waals surface area contributed by atoms with E-state index in [9.17, 15) is 4.79 Å². The average molecular weight is 296 g/mol. The number of aromatic nitrogens is 4.